The predicted molar refractivity (Wildman–Crippen MR) is 85.0 cm³/mol. The monoisotopic (exact) mass is 314 g/mol. The highest BCUT2D eigenvalue weighted by molar-refractivity contribution is 6.03. The molecule has 0 aliphatic rings. The topological polar surface area (TPSA) is 75.9 Å². The molecule has 0 radical (unpaired) electrons. The van der Waals surface area contributed by atoms with E-state index < -0.39 is 5.91 Å². The molecule has 7 nitrogen and oxygen atoms in total. The molecule has 0 saturated heterocycles. The highest BCUT2D eigenvalue weighted by Crippen LogP contribution is 2.22. The van der Waals surface area contributed by atoms with Crippen LogP contribution in [0.1, 0.15) is 10.6 Å². The van der Waals surface area contributed by atoms with Crippen LogP contribution in [0.4, 0.5) is 15.9 Å². The number of anilines is 2. The molecule has 0 atom stereocenters. The first-order chi connectivity index (χ1) is 11.0. The van der Waals surface area contributed by atoms with E-state index in [2.05, 4.69) is 20.4 Å². The Morgan fingerprint density at radius 3 is 2.57 bits per heavy atom. The van der Waals surface area contributed by atoms with Gasteiger partial charge in [-0.15, -0.1) is 0 Å². The van der Waals surface area contributed by atoms with Crippen LogP contribution in [0.5, 0.6) is 0 Å². The van der Waals surface area contributed by atoms with Gasteiger partial charge in [0.15, 0.2) is 5.65 Å². The molecule has 0 fully saturated rings. The number of aromatic nitrogens is 4. The zero-order valence-corrected chi connectivity index (χ0v) is 12.9. The van der Waals surface area contributed by atoms with Crippen molar-refractivity contribution >= 4 is 28.4 Å². The second-order valence-electron chi connectivity index (χ2n) is 5.23. The van der Waals surface area contributed by atoms with Crippen LogP contribution in [-0.4, -0.2) is 39.8 Å². The molecule has 3 aromatic rings. The maximum absolute atomic E-state index is 12.9. The van der Waals surface area contributed by atoms with Gasteiger partial charge in [-0.2, -0.15) is 5.10 Å². The summed E-state index contributed by atoms with van der Waals surface area (Å²) in [5.74, 6) is -0.213. The Labute approximate surface area is 131 Å². The molecular weight excluding hydrogens is 299 g/mol. The molecule has 0 aliphatic carbocycles. The van der Waals surface area contributed by atoms with Crippen molar-refractivity contribution in [1.29, 1.82) is 0 Å². The molecule has 0 aliphatic heterocycles. The van der Waals surface area contributed by atoms with Gasteiger partial charge in [-0.1, -0.05) is 0 Å². The minimum atomic E-state index is -0.470. The molecule has 1 amide bonds. The summed E-state index contributed by atoms with van der Waals surface area (Å²) in [5.41, 5.74) is 1.03. The Kier molecular flexibility index (Phi) is 3.65. The molecule has 1 aromatic carbocycles. The third kappa shape index (κ3) is 2.83. The zero-order chi connectivity index (χ0) is 16.6. The molecule has 0 unspecified atom stereocenters. The highest BCUT2D eigenvalue weighted by atomic mass is 19.1. The Morgan fingerprint density at radius 2 is 1.91 bits per heavy atom. The van der Waals surface area contributed by atoms with Crippen molar-refractivity contribution in [1.82, 2.24) is 19.7 Å². The summed E-state index contributed by atoms with van der Waals surface area (Å²) >= 11 is 0. The fourth-order valence-corrected chi connectivity index (χ4v) is 2.17. The Bertz CT molecular complexity index is 872. The summed E-state index contributed by atoms with van der Waals surface area (Å²) in [6, 6.07) is 5.49. The molecule has 0 saturated carbocycles. The van der Waals surface area contributed by atoms with Gasteiger partial charge in [0.05, 0.1) is 11.6 Å². The average Bonchev–Trinajstić information content (AvgIpc) is 2.90. The highest BCUT2D eigenvalue weighted by Gasteiger charge is 2.17. The molecule has 3 rings (SSSR count). The van der Waals surface area contributed by atoms with E-state index in [0.29, 0.717) is 17.2 Å². The van der Waals surface area contributed by atoms with Crippen LogP contribution >= 0.6 is 0 Å². The zero-order valence-electron chi connectivity index (χ0n) is 12.9. The summed E-state index contributed by atoms with van der Waals surface area (Å²) in [6.07, 6.45) is 1.66. The van der Waals surface area contributed by atoms with Crippen LogP contribution < -0.4 is 10.2 Å². The smallest absolute Gasteiger partial charge is 0.293 e. The molecule has 2 heterocycles. The van der Waals surface area contributed by atoms with Gasteiger partial charge in [0.1, 0.15) is 11.6 Å². The first-order valence-electron chi connectivity index (χ1n) is 6.89. The number of rotatable bonds is 3. The van der Waals surface area contributed by atoms with E-state index in [1.54, 1.807) is 22.8 Å². The second-order valence-corrected chi connectivity index (χ2v) is 5.23. The van der Waals surface area contributed by atoms with Crippen LogP contribution in [0.3, 0.4) is 0 Å². The van der Waals surface area contributed by atoms with E-state index >= 15 is 0 Å². The minimum absolute atomic E-state index is 0.0223. The number of fused-ring (bicyclic) bond motifs is 1. The van der Waals surface area contributed by atoms with Crippen molar-refractivity contribution in [3.63, 3.8) is 0 Å². The van der Waals surface area contributed by atoms with Crippen molar-refractivity contribution < 1.29 is 9.18 Å². The Hall–Kier alpha value is -3.03. The number of aryl methyl sites for hydroxylation is 1. The third-order valence-corrected chi connectivity index (χ3v) is 3.30. The minimum Gasteiger partial charge on any atom is -0.362 e. The maximum Gasteiger partial charge on any atom is 0.293 e. The van der Waals surface area contributed by atoms with Crippen molar-refractivity contribution in [3.05, 3.63) is 42.1 Å². The van der Waals surface area contributed by atoms with Gasteiger partial charge in [-0.3, -0.25) is 9.48 Å². The molecule has 8 heteroatoms. The van der Waals surface area contributed by atoms with Crippen LogP contribution in [0.15, 0.2) is 30.5 Å². The number of amides is 1. The summed E-state index contributed by atoms with van der Waals surface area (Å²) in [7, 11) is 5.41. The van der Waals surface area contributed by atoms with Crippen LogP contribution in [0.2, 0.25) is 0 Å². The van der Waals surface area contributed by atoms with E-state index in [-0.39, 0.29) is 11.6 Å². The fraction of sp³-hybridized carbons (Fsp3) is 0.200. The van der Waals surface area contributed by atoms with E-state index in [9.17, 15) is 9.18 Å². The molecule has 23 heavy (non-hydrogen) atoms. The number of benzene rings is 1. The lowest BCUT2D eigenvalue weighted by atomic mass is 10.3. The number of hydrogen-bond acceptors (Lipinski definition) is 5. The number of hydrogen-bond donors (Lipinski definition) is 1. The second kappa shape index (κ2) is 5.64. The first kappa shape index (κ1) is 14.9. The largest absolute Gasteiger partial charge is 0.362 e. The van der Waals surface area contributed by atoms with Crippen LogP contribution in [0.25, 0.3) is 11.0 Å². The lowest BCUT2D eigenvalue weighted by Crippen LogP contribution is -2.19. The first-order valence-corrected chi connectivity index (χ1v) is 6.89. The van der Waals surface area contributed by atoms with Gasteiger partial charge < -0.3 is 10.2 Å². The van der Waals surface area contributed by atoms with Crippen LogP contribution in [-0.2, 0) is 7.05 Å². The summed E-state index contributed by atoms with van der Waals surface area (Å²) in [5, 5.41) is 7.56. The standard InChI is InChI=1S/C15H15FN6O/c1-21(2)13-11-8-17-22(3)14(11)20-12(19-13)15(23)18-10-6-4-9(16)5-7-10/h4-8H,1-3H3,(H,18,23). The third-order valence-electron chi connectivity index (χ3n) is 3.30. The van der Waals surface area contributed by atoms with Gasteiger partial charge in [0.2, 0.25) is 5.82 Å². The van der Waals surface area contributed by atoms with Gasteiger partial charge in [0, 0.05) is 26.8 Å². The molecular formula is C15H15FN6O. The predicted octanol–water partition coefficient (Wildman–Crippen LogP) is 1.82. The summed E-state index contributed by atoms with van der Waals surface area (Å²) < 4.78 is 14.5. The number of carbonyl (C=O) groups excluding carboxylic acids is 1. The van der Waals surface area contributed by atoms with Gasteiger partial charge in [-0.25, -0.2) is 14.4 Å². The number of halogens is 1. The quantitative estimate of drug-likeness (QED) is 0.798. The molecule has 0 bridgehead atoms. The van der Waals surface area contributed by atoms with Gasteiger partial charge >= 0.3 is 0 Å². The number of carbonyl (C=O) groups is 1. The van der Waals surface area contributed by atoms with Crippen molar-refractivity contribution in [2.45, 2.75) is 0 Å². The van der Waals surface area contributed by atoms with Crippen molar-refractivity contribution in [2.24, 2.45) is 7.05 Å². The molecule has 2 aromatic heterocycles. The number of nitrogens with one attached hydrogen (secondary N) is 1. The maximum atomic E-state index is 12.9. The normalized spacial score (nSPS) is 10.8. The van der Waals surface area contributed by atoms with E-state index in [1.165, 1.54) is 24.3 Å². The molecule has 0 spiro atoms. The van der Waals surface area contributed by atoms with E-state index in [4.69, 9.17) is 0 Å². The van der Waals surface area contributed by atoms with E-state index in [1.807, 2.05) is 14.1 Å². The lowest BCUT2D eigenvalue weighted by Gasteiger charge is -2.13. The fourth-order valence-electron chi connectivity index (χ4n) is 2.17. The van der Waals surface area contributed by atoms with E-state index in [0.717, 1.165) is 5.39 Å². The average molecular weight is 314 g/mol. The van der Waals surface area contributed by atoms with Gasteiger partial charge in [-0.05, 0) is 24.3 Å². The molecule has 1 N–H and O–H groups in total. The SMILES string of the molecule is CN(C)c1nc(C(=O)Nc2ccc(F)cc2)nc2c1cnn2C. The van der Waals surface area contributed by atoms with Crippen molar-refractivity contribution in [3.8, 4) is 0 Å². The molecule has 118 valence electrons. The van der Waals surface area contributed by atoms with Gasteiger partial charge in [0.25, 0.3) is 5.91 Å². The van der Waals surface area contributed by atoms with Crippen molar-refractivity contribution in [2.75, 3.05) is 24.3 Å². The summed E-state index contributed by atoms with van der Waals surface area (Å²) in [6.45, 7) is 0. The number of nitrogens with zero attached hydrogens (tertiary/aromatic N) is 5. The lowest BCUT2D eigenvalue weighted by molar-refractivity contribution is 0.101. The Morgan fingerprint density at radius 1 is 1.22 bits per heavy atom. The van der Waals surface area contributed by atoms with Crippen LogP contribution in [0, 0.1) is 5.82 Å². The Balaban J connectivity index is 1.99. The summed E-state index contributed by atoms with van der Waals surface area (Å²) in [4.78, 5) is 22.7.